The summed E-state index contributed by atoms with van der Waals surface area (Å²) in [7, 11) is 0. The minimum atomic E-state index is -0.440. The molecule has 0 aliphatic heterocycles. The zero-order valence-corrected chi connectivity index (χ0v) is 10.6. The van der Waals surface area contributed by atoms with Gasteiger partial charge in [0.05, 0.1) is 13.2 Å². The van der Waals surface area contributed by atoms with Gasteiger partial charge in [-0.3, -0.25) is 0 Å². The standard InChI is InChI=1S/C14H16O4/c1-3-7-17-11-5-6-12-10(8-11)9-13(18-12)14(15)16-4-2/h5-6,8-9H,3-4,7H2,1-2H3. The Hall–Kier alpha value is -1.97. The molecule has 1 aromatic heterocycles. The summed E-state index contributed by atoms with van der Waals surface area (Å²) in [5.41, 5.74) is 0.655. The lowest BCUT2D eigenvalue weighted by molar-refractivity contribution is 0.0492. The predicted molar refractivity (Wildman–Crippen MR) is 68.0 cm³/mol. The molecule has 0 saturated carbocycles. The molecule has 0 atom stereocenters. The Kier molecular flexibility index (Phi) is 3.87. The number of hydrogen-bond acceptors (Lipinski definition) is 4. The topological polar surface area (TPSA) is 48.7 Å². The first kappa shape index (κ1) is 12.5. The molecule has 1 aromatic carbocycles. The highest BCUT2D eigenvalue weighted by Crippen LogP contribution is 2.24. The molecule has 0 aliphatic carbocycles. The number of rotatable bonds is 5. The number of esters is 1. The fourth-order valence-electron chi connectivity index (χ4n) is 1.63. The third-order valence-corrected chi connectivity index (χ3v) is 2.44. The maximum absolute atomic E-state index is 11.5. The van der Waals surface area contributed by atoms with Gasteiger partial charge >= 0.3 is 5.97 Å². The van der Waals surface area contributed by atoms with Gasteiger partial charge < -0.3 is 13.9 Å². The van der Waals surface area contributed by atoms with Crippen LogP contribution in [0.5, 0.6) is 5.75 Å². The largest absolute Gasteiger partial charge is 0.494 e. The van der Waals surface area contributed by atoms with Crippen LogP contribution in [0.25, 0.3) is 11.0 Å². The second kappa shape index (κ2) is 5.58. The van der Waals surface area contributed by atoms with Gasteiger partial charge in [0.25, 0.3) is 0 Å². The maximum atomic E-state index is 11.5. The molecule has 4 heteroatoms. The quantitative estimate of drug-likeness (QED) is 0.761. The molecule has 18 heavy (non-hydrogen) atoms. The first-order valence-electron chi connectivity index (χ1n) is 6.08. The minimum absolute atomic E-state index is 0.222. The highest BCUT2D eigenvalue weighted by Gasteiger charge is 2.13. The van der Waals surface area contributed by atoms with Crippen LogP contribution < -0.4 is 4.74 Å². The lowest BCUT2D eigenvalue weighted by Gasteiger charge is -2.02. The van der Waals surface area contributed by atoms with Crippen LogP contribution in [0.4, 0.5) is 0 Å². The summed E-state index contributed by atoms with van der Waals surface area (Å²) in [5, 5.41) is 0.839. The van der Waals surface area contributed by atoms with Crippen LogP contribution in [0.15, 0.2) is 28.7 Å². The zero-order valence-electron chi connectivity index (χ0n) is 10.6. The van der Waals surface area contributed by atoms with E-state index in [4.69, 9.17) is 13.9 Å². The van der Waals surface area contributed by atoms with Gasteiger partial charge in [-0.15, -0.1) is 0 Å². The van der Waals surface area contributed by atoms with E-state index in [1.165, 1.54) is 0 Å². The Morgan fingerprint density at radius 3 is 2.83 bits per heavy atom. The molecule has 0 unspecified atom stereocenters. The van der Waals surface area contributed by atoms with Gasteiger partial charge in [0, 0.05) is 5.39 Å². The molecule has 2 rings (SSSR count). The summed E-state index contributed by atoms with van der Waals surface area (Å²) in [4.78, 5) is 11.5. The van der Waals surface area contributed by atoms with Gasteiger partial charge in [0.2, 0.25) is 5.76 Å². The monoisotopic (exact) mass is 248 g/mol. The molecule has 0 aliphatic rings. The molecule has 0 amide bonds. The van der Waals surface area contributed by atoms with Crippen molar-refractivity contribution in [1.29, 1.82) is 0 Å². The van der Waals surface area contributed by atoms with E-state index in [9.17, 15) is 4.79 Å². The Morgan fingerprint density at radius 2 is 2.11 bits per heavy atom. The van der Waals surface area contributed by atoms with Crippen LogP contribution >= 0.6 is 0 Å². The lowest BCUT2D eigenvalue weighted by Crippen LogP contribution is -2.02. The van der Waals surface area contributed by atoms with Crippen molar-refractivity contribution in [3.05, 3.63) is 30.0 Å². The third-order valence-electron chi connectivity index (χ3n) is 2.44. The van der Waals surface area contributed by atoms with E-state index in [1.54, 1.807) is 19.1 Å². The summed E-state index contributed by atoms with van der Waals surface area (Å²) in [6.45, 7) is 4.82. The number of ether oxygens (including phenoxy) is 2. The number of carbonyl (C=O) groups is 1. The van der Waals surface area contributed by atoms with E-state index in [0.29, 0.717) is 18.8 Å². The van der Waals surface area contributed by atoms with Crippen molar-refractivity contribution in [2.45, 2.75) is 20.3 Å². The van der Waals surface area contributed by atoms with Gasteiger partial charge in [-0.1, -0.05) is 6.92 Å². The number of benzene rings is 1. The van der Waals surface area contributed by atoms with Crippen LogP contribution in [0.1, 0.15) is 30.8 Å². The third kappa shape index (κ3) is 2.64. The Labute approximate surface area is 105 Å². The summed E-state index contributed by atoms with van der Waals surface area (Å²) >= 11 is 0. The summed E-state index contributed by atoms with van der Waals surface area (Å²) < 4.78 is 15.8. The SMILES string of the molecule is CCCOc1ccc2oc(C(=O)OCC)cc2c1. The molecular weight excluding hydrogens is 232 g/mol. The van der Waals surface area contributed by atoms with E-state index < -0.39 is 5.97 Å². The van der Waals surface area contributed by atoms with Gasteiger partial charge in [0.1, 0.15) is 11.3 Å². The first-order valence-corrected chi connectivity index (χ1v) is 6.08. The smallest absolute Gasteiger partial charge is 0.374 e. The van der Waals surface area contributed by atoms with E-state index in [2.05, 4.69) is 6.92 Å². The van der Waals surface area contributed by atoms with Crippen molar-refractivity contribution in [3.63, 3.8) is 0 Å². The average molecular weight is 248 g/mol. The van der Waals surface area contributed by atoms with E-state index in [-0.39, 0.29) is 5.76 Å². The lowest BCUT2D eigenvalue weighted by atomic mass is 10.2. The number of fused-ring (bicyclic) bond motifs is 1. The molecular formula is C14H16O4. The minimum Gasteiger partial charge on any atom is -0.494 e. The Balaban J connectivity index is 2.25. The van der Waals surface area contributed by atoms with Crippen LogP contribution in [-0.2, 0) is 4.74 Å². The average Bonchev–Trinajstić information content (AvgIpc) is 2.79. The Morgan fingerprint density at radius 1 is 1.28 bits per heavy atom. The van der Waals surface area contributed by atoms with Crippen molar-refractivity contribution in [2.75, 3.05) is 13.2 Å². The first-order chi connectivity index (χ1) is 8.74. The van der Waals surface area contributed by atoms with Crippen LogP contribution in [-0.4, -0.2) is 19.2 Å². The van der Waals surface area contributed by atoms with Gasteiger partial charge in [0.15, 0.2) is 0 Å². The fourth-order valence-corrected chi connectivity index (χ4v) is 1.63. The molecule has 0 spiro atoms. The maximum Gasteiger partial charge on any atom is 0.374 e. The zero-order chi connectivity index (χ0) is 13.0. The number of hydrogen-bond donors (Lipinski definition) is 0. The molecule has 0 N–H and O–H groups in total. The van der Waals surface area contributed by atoms with Gasteiger partial charge in [-0.25, -0.2) is 4.79 Å². The van der Waals surface area contributed by atoms with Gasteiger partial charge in [-0.05, 0) is 37.6 Å². The van der Waals surface area contributed by atoms with Crippen molar-refractivity contribution in [2.24, 2.45) is 0 Å². The number of carbonyl (C=O) groups excluding carboxylic acids is 1. The normalized spacial score (nSPS) is 10.6. The molecule has 0 bridgehead atoms. The summed E-state index contributed by atoms with van der Waals surface area (Å²) in [6.07, 6.45) is 0.956. The summed E-state index contributed by atoms with van der Waals surface area (Å²) in [5.74, 6) is 0.560. The van der Waals surface area contributed by atoms with E-state index >= 15 is 0 Å². The highest BCUT2D eigenvalue weighted by atomic mass is 16.5. The summed E-state index contributed by atoms with van der Waals surface area (Å²) in [6, 6.07) is 7.16. The van der Waals surface area contributed by atoms with Crippen molar-refractivity contribution in [3.8, 4) is 5.75 Å². The van der Waals surface area contributed by atoms with Crippen LogP contribution in [0.3, 0.4) is 0 Å². The molecule has 0 fully saturated rings. The van der Waals surface area contributed by atoms with E-state index in [1.807, 2.05) is 12.1 Å². The van der Waals surface area contributed by atoms with Crippen LogP contribution in [0.2, 0.25) is 0 Å². The van der Waals surface area contributed by atoms with Crippen molar-refractivity contribution < 1.29 is 18.7 Å². The molecule has 0 saturated heterocycles. The van der Waals surface area contributed by atoms with Crippen molar-refractivity contribution in [1.82, 2.24) is 0 Å². The number of furan rings is 1. The van der Waals surface area contributed by atoms with E-state index in [0.717, 1.165) is 17.6 Å². The highest BCUT2D eigenvalue weighted by molar-refractivity contribution is 5.92. The molecule has 1 heterocycles. The molecule has 0 radical (unpaired) electrons. The molecule has 4 nitrogen and oxygen atoms in total. The molecule has 96 valence electrons. The van der Waals surface area contributed by atoms with Crippen LogP contribution in [0, 0.1) is 0 Å². The predicted octanol–water partition coefficient (Wildman–Crippen LogP) is 3.40. The van der Waals surface area contributed by atoms with Gasteiger partial charge in [-0.2, -0.15) is 0 Å². The second-order valence-electron chi connectivity index (χ2n) is 3.88. The Bertz CT molecular complexity index is 542. The van der Waals surface area contributed by atoms with Crippen molar-refractivity contribution >= 4 is 16.9 Å². The fraction of sp³-hybridized carbons (Fsp3) is 0.357. The second-order valence-corrected chi connectivity index (χ2v) is 3.88. The molecule has 2 aromatic rings.